The molecule has 2 amide bonds. The Morgan fingerprint density at radius 3 is 2.33 bits per heavy atom. The standard InChI is InChI=1S/C30H33Cl2N3O5/c1-19(2)18-39-27-12-10-22(15-28(27)38-4)17-33-35-30(37)25(14-21-8-6-5-7-9-21)34-29(36)20(3)40-26-13-11-23(31)16-24(26)32/h5-13,15-17,19-20,25H,14,18H2,1-4H3,(H,34,36)(H,35,37)/b33-17-/t20-,25-/m1/s1. The second-order valence-corrected chi connectivity index (χ2v) is 10.3. The number of carbonyl (C=O) groups is 2. The van der Waals surface area contributed by atoms with E-state index in [1.807, 2.05) is 30.3 Å². The van der Waals surface area contributed by atoms with Crippen molar-refractivity contribution in [1.29, 1.82) is 0 Å². The highest BCUT2D eigenvalue weighted by Crippen LogP contribution is 2.29. The number of nitrogens with zero attached hydrogens (tertiary/aromatic N) is 1. The number of halogens is 2. The van der Waals surface area contributed by atoms with Gasteiger partial charge in [0.15, 0.2) is 17.6 Å². The van der Waals surface area contributed by atoms with Crippen molar-refractivity contribution < 1.29 is 23.8 Å². The molecule has 2 N–H and O–H groups in total. The topological polar surface area (TPSA) is 98.2 Å². The third-order valence-corrected chi connectivity index (χ3v) is 6.16. The quantitative estimate of drug-likeness (QED) is 0.198. The minimum atomic E-state index is -0.933. The summed E-state index contributed by atoms with van der Waals surface area (Å²) >= 11 is 12.1. The molecule has 40 heavy (non-hydrogen) atoms. The highest BCUT2D eigenvalue weighted by atomic mass is 35.5. The number of rotatable bonds is 13. The normalized spacial score (nSPS) is 12.6. The number of hydrogen-bond donors (Lipinski definition) is 2. The highest BCUT2D eigenvalue weighted by Gasteiger charge is 2.25. The van der Waals surface area contributed by atoms with Crippen LogP contribution in [0.5, 0.6) is 17.2 Å². The molecule has 0 saturated carbocycles. The van der Waals surface area contributed by atoms with E-state index in [4.69, 9.17) is 37.4 Å². The zero-order chi connectivity index (χ0) is 29.1. The first-order valence-electron chi connectivity index (χ1n) is 12.8. The number of hydrazone groups is 1. The summed E-state index contributed by atoms with van der Waals surface area (Å²) in [5, 5.41) is 7.57. The summed E-state index contributed by atoms with van der Waals surface area (Å²) in [6.07, 6.45) is 0.803. The molecule has 0 fully saturated rings. The summed E-state index contributed by atoms with van der Waals surface area (Å²) < 4.78 is 16.9. The van der Waals surface area contributed by atoms with Gasteiger partial charge in [-0.3, -0.25) is 9.59 Å². The second kappa shape index (κ2) is 15.1. The molecule has 3 aromatic carbocycles. The Morgan fingerprint density at radius 1 is 0.925 bits per heavy atom. The van der Waals surface area contributed by atoms with Crippen LogP contribution in [0.1, 0.15) is 31.9 Å². The fraction of sp³-hybridized carbons (Fsp3) is 0.300. The van der Waals surface area contributed by atoms with Gasteiger partial charge >= 0.3 is 0 Å². The van der Waals surface area contributed by atoms with E-state index in [2.05, 4.69) is 29.7 Å². The summed E-state index contributed by atoms with van der Waals surface area (Å²) in [7, 11) is 1.56. The zero-order valence-corrected chi connectivity index (χ0v) is 24.3. The van der Waals surface area contributed by atoms with E-state index in [1.165, 1.54) is 12.3 Å². The molecule has 212 valence electrons. The van der Waals surface area contributed by atoms with E-state index in [0.29, 0.717) is 40.4 Å². The molecule has 2 atom stereocenters. The van der Waals surface area contributed by atoms with Crippen LogP contribution in [-0.4, -0.2) is 43.9 Å². The average Bonchev–Trinajstić information content (AvgIpc) is 2.93. The van der Waals surface area contributed by atoms with Gasteiger partial charge in [-0.25, -0.2) is 5.43 Å². The van der Waals surface area contributed by atoms with Gasteiger partial charge < -0.3 is 19.5 Å². The van der Waals surface area contributed by atoms with Gasteiger partial charge in [-0.05, 0) is 60.4 Å². The number of methoxy groups -OCH3 is 1. The predicted octanol–water partition coefficient (Wildman–Crippen LogP) is 5.68. The van der Waals surface area contributed by atoms with Crippen LogP contribution in [0.3, 0.4) is 0 Å². The van der Waals surface area contributed by atoms with E-state index in [9.17, 15) is 9.59 Å². The lowest BCUT2D eigenvalue weighted by molar-refractivity contribution is -0.132. The molecule has 0 aliphatic heterocycles. The van der Waals surface area contributed by atoms with Gasteiger partial charge in [0.05, 0.1) is 25.0 Å². The van der Waals surface area contributed by atoms with Crippen LogP contribution in [-0.2, 0) is 16.0 Å². The number of benzene rings is 3. The van der Waals surface area contributed by atoms with Crippen molar-refractivity contribution in [2.45, 2.75) is 39.3 Å². The second-order valence-electron chi connectivity index (χ2n) is 9.44. The Balaban J connectivity index is 1.68. The van der Waals surface area contributed by atoms with Crippen LogP contribution in [0.2, 0.25) is 10.0 Å². The summed E-state index contributed by atoms with van der Waals surface area (Å²) in [6.45, 7) is 6.25. The number of carbonyl (C=O) groups excluding carboxylic acids is 2. The highest BCUT2D eigenvalue weighted by molar-refractivity contribution is 6.35. The maximum Gasteiger partial charge on any atom is 0.262 e. The van der Waals surface area contributed by atoms with Crippen molar-refractivity contribution in [3.8, 4) is 17.2 Å². The SMILES string of the molecule is COc1cc(/C=N\NC(=O)[C@@H](Cc2ccccc2)NC(=O)[C@@H](C)Oc2ccc(Cl)cc2Cl)ccc1OCC(C)C. The lowest BCUT2D eigenvalue weighted by atomic mass is 10.1. The molecule has 0 unspecified atom stereocenters. The summed E-state index contributed by atoms with van der Waals surface area (Å²) in [5.41, 5.74) is 4.08. The smallest absolute Gasteiger partial charge is 0.262 e. The minimum absolute atomic E-state index is 0.248. The van der Waals surface area contributed by atoms with Gasteiger partial charge in [-0.2, -0.15) is 5.10 Å². The Labute approximate surface area is 244 Å². The maximum atomic E-state index is 13.1. The van der Waals surface area contributed by atoms with Crippen LogP contribution in [0.4, 0.5) is 0 Å². The van der Waals surface area contributed by atoms with Crippen LogP contribution < -0.4 is 25.0 Å². The zero-order valence-electron chi connectivity index (χ0n) is 22.8. The van der Waals surface area contributed by atoms with Crippen LogP contribution in [0.25, 0.3) is 0 Å². The Morgan fingerprint density at radius 2 is 1.65 bits per heavy atom. The number of hydrogen-bond acceptors (Lipinski definition) is 6. The molecule has 0 aliphatic carbocycles. The molecule has 3 rings (SSSR count). The van der Waals surface area contributed by atoms with Crippen molar-refractivity contribution >= 4 is 41.2 Å². The van der Waals surface area contributed by atoms with Crippen molar-refractivity contribution in [1.82, 2.24) is 10.7 Å². The maximum absolute atomic E-state index is 13.1. The third-order valence-electron chi connectivity index (χ3n) is 5.63. The molecular weight excluding hydrogens is 553 g/mol. The first-order valence-corrected chi connectivity index (χ1v) is 13.5. The first-order chi connectivity index (χ1) is 19.2. The molecule has 0 radical (unpaired) electrons. The van der Waals surface area contributed by atoms with E-state index in [-0.39, 0.29) is 11.4 Å². The van der Waals surface area contributed by atoms with Gasteiger partial charge in [0.2, 0.25) is 0 Å². The number of nitrogens with one attached hydrogen (secondary N) is 2. The van der Waals surface area contributed by atoms with E-state index >= 15 is 0 Å². The van der Waals surface area contributed by atoms with E-state index in [0.717, 1.165) is 5.56 Å². The lowest BCUT2D eigenvalue weighted by Gasteiger charge is -2.21. The van der Waals surface area contributed by atoms with Gasteiger partial charge in [-0.1, -0.05) is 67.4 Å². The molecule has 0 bridgehead atoms. The van der Waals surface area contributed by atoms with Gasteiger partial charge in [-0.15, -0.1) is 0 Å². The fourth-order valence-electron chi connectivity index (χ4n) is 3.55. The molecule has 0 saturated heterocycles. The van der Waals surface area contributed by atoms with Crippen molar-refractivity contribution in [2.75, 3.05) is 13.7 Å². The summed E-state index contributed by atoms with van der Waals surface area (Å²) in [4.78, 5) is 26.1. The van der Waals surface area contributed by atoms with Crippen molar-refractivity contribution in [3.63, 3.8) is 0 Å². The van der Waals surface area contributed by atoms with Gasteiger partial charge in [0, 0.05) is 11.4 Å². The molecule has 3 aromatic rings. The number of ether oxygens (including phenoxy) is 3. The Kier molecular flexibility index (Phi) is 11.7. The summed E-state index contributed by atoms with van der Waals surface area (Å²) in [6, 6.07) is 18.5. The molecule has 10 heteroatoms. The molecule has 0 aromatic heterocycles. The van der Waals surface area contributed by atoms with Crippen molar-refractivity contribution in [2.24, 2.45) is 11.0 Å². The van der Waals surface area contributed by atoms with Crippen LogP contribution >= 0.6 is 23.2 Å². The monoisotopic (exact) mass is 585 g/mol. The minimum Gasteiger partial charge on any atom is -0.493 e. The molecule has 8 nitrogen and oxygen atoms in total. The Bertz CT molecular complexity index is 1320. The van der Waals surface area contributed by atoms with E-state index < -0.39 is 24.0 Å². The van der Waals surface area contributed by atoms with Crippen LogP contribution in [0.15, 0.2) is 71.8 Å². The molecule has 0 heterocycles. The molecule has 0 aliphatic rings. The van der Waals surface area contributed by atoms with Gasteiger partial charge in [0.1, 0.15) is 11.8 Å². The van der Waals surface area contributed by atoms with E-state index in [1.54, 1.807) is 44.4 Å². The average molecular weight is 587 g/mol. The molecule has 0 spiro atoms. The number of amides is 2. The Hall–Kier alpha value is -3.75. The largest absolute Gasteiger partial charge is 0.493 e. The lowest BCUT2D eigenvalue weighted by Crippen LogP contribution is -2.50. The van der Waals surface area contributed by atoms with Crippen LogP contribution in [0, 0.1) is 5.92 Å². The fourth-order valence-corrected chi connectivity index (χ4v) is 4.00. The third kappa shape index (κ3) is 9.47. The van der Waals surface area contributed by atoms with Crippen molar-refractivity contribution in [3.05, 3.63) is 87.9 Å². The summed E-state index contributed by atoms with van der Waals surface area (Å²) in [5.74, 6) is 0.870. The van der Waals surface area contributed by atoms with Gasteiger partial charge in [0.25, 0.3) is 11.8 Å². The molecular formula is C30H33Cl2N3O5. The predicted molar refractivity (Wildman–Crippen MR) is 158 cm³/mol. The first kappa shape index (κ1) is 30.8.